The molecule has 6 heteroatoms. The highest BCUT2D eigenvalue weighted by Crippen LogP contribution is 2.14. The zero-order chi connectivity index (χ0) is 14.5. The maximum atomic E-state index is 4.69. The van der Waals surface area contributed by atoms with Crippen LogP contribution in [-0.2, 0) is 6.54 Å². The van der Waals surface area contributed by atoms with Gasteiger partial charge in [-0.2, -0.15) is 5.10 Å². The van der Waals surface area contributed by atoms with E-state index in [1.807, 2.05) is 67.1 Å². The molecule has 0 amide bonds. The molecular formula is C15H22IN5. The molecule has 2 rings (SSSR count). The van der Waals surface area contributed by atoms with Gasteiger partial charge in [-0.25, -0.2) is 9.67 Å². The maximum Gasteiger partial charge on any atom is 0.195 e. The van der Waals surface area contributed by atoms with Crippen LogP contribution in [0.15, 0.2) is 47.7 Å². The Kier molecular flexibility index (Phi) is 6.67. The van der Waals surface area contributed by atoms with E-state index >= 15 is 0 Å². The van der Waals surface area contributed by atoms with Gasteiger partial charge >= 0.3 is 0 Å². The van der Waals surface area contributed by atoms with Crippen molar-refractivity contribution < 1.29 is 0 Å². The fraction of sp³-hybridized carbons (Fsp3) is 0.333. The van der Waals surface area contributed by atoms with Crippen molar-refractivity contribution in [1.29, 1.82) is 0 Å². The molecule has 0 saturated heterocycles. The number of guanidine groups is 1. The minimum atomic E-state index is 0. The number of halogens is 1. The number of nitrogens with zero attached hydrogens (tertiary/aromatic N) is 5. The third kappa shape index (κ3) is 4.45. The van der Waals surface area contributed by atoms with E-state index in [9.17, 15) is 0 Å². The number of rotatable bonds is 3. The Labute approximate surface area is 143 Å². The average molecular weight is 399 g/mol. The Morgan fingerprint density at radius 2 is 1.76 bits per heavy atom. The highest BCUT2D eigenvalue weighted by molar-refractivity contribution is 14.0. The van der Waals surface area contributed by atoms with Gasteiger partial charge in [-0.15, -0.1) is 24.0 Å². The van der Waals surface area contributed by atoms with Crippen LogP contribution in [0.2, 0.25) is 0 Å². The molecule has 0 atom stereocenters. The molecule has 0 spiro atoms. The lowest BCUT2D eigenvalue weighted by atomic mass is 10.2. The fourth-order valence-corrected chi connectivity index (χ4v) is 2.12. The van der Waals surface area contributed by atoms with E-state index in [2.05, 4.69) is 17.2 Å². The summed E-state index contributed by atoms with van der Waals surface area (Å²) in [7, 11) is 7.99. The van der Waals surface area contributed by atoms with Crippen LogP contribution in [0.5, 0.6) is 0 Å². The highest BCUT2D eigenvalue weighted by Gasteiger charge is 2.07. The van der Waals surface area contributed by atoms with E-state index in [0.29, 0.717) is 6.54 Å². The summed E-state index contributed by atoms with van der Waals surface area (Å²) in [6.07, 6.45) is 3.73. The summed E-state index contributed by atoms with van der Waals surface area (Å²) >= 11 is 0. The van der Waals surface area contributed by atoms with Crippen LogP contribution in [0.3, 0.4) is 0 Å². The monoisotopic (exact) mass is 399 g/mol. The number of para-hydroxylation sites is 1. The molecule has 0 aliphatic carbocycles. The first-order chi connectivity index (χ1) is 9.59. The van der Waals surface area contributed by atoms with Gasteiger partial charge in [0.2, 0.25) is 0 Å². The van der Waals surface area contributed by atoms with Crippen molar-refractivity contribution in [3.63, 3.8) is 0 Å². The van der Waals surface area contributed by atoms with Crippen molar-refractivity contribution in [2.24, 2.45) is 4.99 Å². The first-order valence-electron chi connectivity index (χ1n) is 6.56. The predicted octanol–water partition coefficient (Wildman–Crippen LogP) is 2.47. The molecule has 0 saturated carbocycles. The molecule has 0 aliphatic heterocycles. The number of benzene rings is 1. The van der Waals surface area contributed by atoms with Gasteiger partial charge in [-0.05, 0) is 17.7 Å². The van der Waals surface area contributed by atoms with Gasteiger partial charge in [0.1, 0.15) is 0 Å². The second-order valence-electron chi connectivity index (χ2n) is 4.98. The predicted molar refractivity (Wildman–Crippen MR) is 97.5 cm³/mol. The lowest BCUT2D eigenvalue weighted by Gasteiger charge is -2.22. The average Bonchev–Trinajstić information content (AvgIpc) is 2.92. The second-order valence-corrected chi connectivity index (χ2v) is 4.98. The summed E-state index contributed by atoms with van der Waals surface area (Å²) in [5.41, 5.74) is 2.22. The summed E-state index contributed by atoms with van der Waals surface area (Å²) in [4.78, 5) is 8.71. The lowest BCUT2D eigenvalue weighted by Crippen LogP contribution is -2.35. The number of hydrogen-bond donors (Lipinski definition) is 0. The SMILES string of the molecule is CN(C)C(=NCc1ccccc1-n1cccn1)N(C)C.I. The van der Waals surface area contributed by atoms with E-state index in [1.54, 1.807) is 6.20 Å². The number of hydrogen-bond acceptors (Lipinski definition) is 2. The molecule has 114 valence electrons. The van der Waals surface area contributed by atoms with Crippen LogP contribution in [0.4, 0.5) is 0 Å². The van der Waals surface area contributed by atoms with Crippen LogP contribution in [0.25, 0.3) is 5.69 Å². The van der Waals surface area contributed by atoms with Gasteiger partial charge in [-0.3, -0.25) is 0 Å². The maximum absolute atomic E-state index is 4.69. The molecule has 0 fully saturated rings. The van der Waals surface area contributed by atoms with Gasteiger partial charge < -0.3 is 9.80 Å². The Balaban J connectivity index is 0.00000220. The van der Waals surface area contributed by atoms with E-state index in [-0.39, 0.29) is 24.0 Å². The van der Waals surface area contributed by atoms with Crippen LogP contribution < -0.4 is 0 Å². The van der Waals surface area contributed by atoms with Crippen molar-refractivity contribution in [2.75, 3.05) is 28.2 Å². The quantitative estimate of drug-likeness (QED) is 0.452. The van der Waals surface area contributed by atoms with E-state index in [4.69, 9.17) is 4.99 Å². The Bertz CT molecular complexity index is 566. The summed E-state index contributed by atoms with van der Waals surface area (Å²) in [5, 5.41) is 4.29. The smallest absolute Gasteiger partial charge is 0.195 e. The van der Waals surface area contributed by atoms with Gasteiger partial charge in [-0.1, -0.05) is 18.2 Å². The number of aromatic nitrogens is 2. The molecule has 2 aromatic rings. The second kappa shape index (κ2) is 8.02. The molecule has 0 aliphatic rings. The molecule has 1 aromatic heterocycles. The largest absolute Gasteiger partial charge is 0.349 e. The summed E-state index contributed by atoms with van der Waals surface area (Å²) in [5.74, 6) is 0.945. The molecule has 0 N–H and O–H groups in total. The Morgan fingerprint density at radius 1 is 1.10 bits per heavy atom. The summed E-state index contributed by atoms with van der Waals surface area (Å²) in [6.45, 7) is 0.627. The van der Waals surface area contributed by atoms with Gasteiger partial charge in [0.05, 0.1) is 12.2 Å². The van der Waals surface area contributed by atoms with Crippen molar-refractivity contribution >= 4 is 29.9 Å². The lowest BCUT2D eigenvalue weighted by molar-refractivity contribution is 0.479. The van der Waals surface area contributed by atoms with Crippen molar-refractivity contribution in [3.05, 3.63) is 48.3 Å². The molecule has 0 radical (unpaired) electrons. The Morgan fingerprint density at radius 3 is 2.33 bits per heavy atom. The first kappa shape index (κ1) is 17.5. The van der Waals surface area contributed by atoms with Gasteiger partial charge in [0.25, 0.3) is 0 Å². The molecule has 1 aromatic carbocycles. The van der Waals surface area contributed by atoms with Crippen molar-refractivity contribution in [1.82, 2.24) is 19.6 Å². The van der Waals surface area contributed by atoms with Crippen LogP contribution in [-0.4, -0.2) is 53.7 Å². The third-order valence-electron chi connectivity index (χ3n) is 2.93. The number of aliphatic imine (C=N–C) groups is 1. The minimum Gasteiger partial charge on any atom is -0.349 e. The van der Waals surface area contributed by atoms with Gasteiger partial charge in [0, 0.05) is 40.6 Å². The van der Waals surface area contributed by atoms with E-state index in [0.717, 1.165) is 17.2 Å². The molecule has 1 heterocycles. The van der Waals surface area contributed by atoms with Crippen molar-refractivity contribution in [2.45, 2.75) is 6.54 Å². The molecule has 0 unspecified atom stereocenters. The molecular weight excluding hydrogens is 377 g/mol. The van der Waals surface area contributed by atoms with Crippen LogP contribution in [0, 0.1) is 0 Å². The zero-order valence-electron chi connectivity index (χ0n) is 12.9. The standard InChI is InChI=1S/C15H21N5.HI/c1-18(2)15(19(3)4)16-12-13-8-5-6-9-14(13)20-11-7-10-17-20;/h5-11H,12H2,1-4H3;1H. The third-order valence-corrected chi connectivity index (χ3v) is 2.93. The molecule has 21 heavy (non-hydrogen) atoms. The normalized spacial score (nSPS) is 9.71. The van der Waals surface area contributed by atoms with Crippen LogP contribution in [0.1, 0.15) is 5.56 Å². The highest BCUT2D eigenvalue weighted by atomic mass is 127. The zero-order valence-corrected chi connectivity index (χ0v) is 15.2. The van der Waals surface area contributed by atoms with Crippen LogP contribution >= 0.6 is 24.0 Å². The molecule has 0 bridgehead atoms. The topological polar surface area (TPSA) is 36.7 Å². The fourth-order valence-electron chi connectivity index (χ4n) is 2.12. The summed E-state index contributed by atoms with van der Waals surface area (Å²) < 4.78 is 1.87. The molecule has 5 nitrogen and oxygen atoms in total. The first-order valence-corrected chi connectivity index (χ1v) is 6.56. The summed E-state index contributed by atoms with van der Waals surface area (Å²) in [6, 6.07) is 10.1. The van der Waals surface area contributed by atoms with Crippen molar-refractivity contribution in [3.8, 4) is 5.69 Å². The van der Waals surface area contributed by atoms with Gasteiger partial charge in [0.15, 0.2) is 5.96 Å². The van der Waals surface area contributed by atoms with E-state index < -0.39 is 0 Å². The Hall–Kier alpha value is -1.57. The minimum absolute atomic E-state index is 0. The van der Waals surface area contributed by atoms with E-state index in [1.165, 1.54) is 0 Å².